The van der Waals surface area contributed by atoms with Crippen LogP contribution in [-0.4, -0.2) is 49.5 Å². The Morgan fingerprint density at radius 1 is 1.25 bits per heavy atom. The maximum absolute atomic E-state index is 10.2. The zero-order chi connectivity index (χ0) is 16.9. The zero-order valence-corrected chi connectivity index (χ0v) is 14.9. The van der Waals surface area contributed by atoms with E-state index in [9.17, 15) is 5.11 Å². The van der Waals surface area contributed by atoms with E-state index in [1.165, 1.54) is 17.5 Å². The molecular formula is C20H28NO3+. The van der Waals surface area contributed by atoms with Crippen molar-refractivity contribution >= 4 is 0 Å². The predicted molar refractivity (Wildman–Crippen MR) is 93.3 cm³/mol. The van der Waals surface area contributed by atoms with E-state index in [1.807, 2.05) is 12.1 Å². The molecule has 24 heavy (non-hydrogen) atoms. The van der Waals surface area contributed by atoms with E-state index in [1.54, 1.807) is 7.11 Å². The van der Waals surface area contributed by atoms with Crippen LogP contribution in [0.2, 0.25) is 0 Å². The van der Waals surface area contributed by atoms with Crippen molar-refractivity contribution in [3.63, 3.8) is 0 Å². The first kappa shape index (κ1) is 16.0. The van der Waals surface area contributed by atoms with Gasteiger partial charge < -0.3 is 19.1 Å². The summed E-state index contributed by atoms with van der Waals surface area (Å²) in [5.74, 6) is 2.63. The molecule has 0 spiro atoms. The van der Waals surface area contributed by atoms with Gasteiger partial charge in [0.1, 0.15) is 24.1 Å². The van der Waals surface area contributed by atoms with E-state index in [4.69, 9.17) is 9.47 Å². The molecule has 0 aromatic heterocycles. The van der Waals surface area contributed by atoms with Crippen LogP contribution in [0, 0.1) is 5.92 Å². The van der Waals surface area contributed by atoms with Gasteiger partial charge in [-0.15, -0.1) is 0 Å². The Balaban J connectivity index is 1.87. The molecule has 4 heteroatoms. The number of benzene rings is 1. The summed E-state index contributed by atoms with van der Waals surface area (Å²) >= 11 is 0. The van der Waals surface area contributed by atoms with E-state index in [0.29, 0.717) is 18.3 Å². The van der Waals surface area contributed by atoms with Crippen LogP contribution in [0.5, 0.6) is 11.5 Å². The molecule has 1 aromatic rings. The highest BCUT2D eigenvalue weighted by Gasteiger charge is 2.44. The van der Waals surface area contributed by atoms with E-state index < -0.39 is 6.10 Å². The topological polar surface area (TPSA) is 38.7 Å². The van der Waals surface area contributed by atoms with E-state index in [0.717, 1.165) is 35.5 Å². The van der Waals surface area contributed by atoms with Crippen LogP contribution >= 0.6 is 0 Å². The van der Waals surface area contributed by atoms with Crippen LogP contribution < -0.4 is 9.47 Å². The Morgan fingerprint density at radius 2 is 2.08 bits per heavy atom. The van der Waals surface area contributed by atoms with Gasteiger partial charge in [0.15, 0.2) is 0 Å². The SMILES string of the molecule is COc1cc2c3c(c1)OC1CC(O)C=CC(CCC[N+](C)(C)C2)C31. The number of rotatable bonds is 1. The molecular weight excluding hydrogens is 302 g/mol. The molecule has 2 heterocycles. The Kier molecular flexibility index (Phi) is 3.85. The number of quaternary nitrogens is 1. The van der Waals surface area contributed by atoms with Crippen LogP contribution in [0.25, 0.3) is 0 Å². The largest absolute Gasteiger partial charge is 0.497 e. The molecule has 4 unspecified atom stereocenters. The number of aliphatic hydroxyl groups excluding tert-OH is 1. The normalized spacial score (nSPS) is 33.5. The molecule has 1 N–H and O–H groups in total. The predicted octanol–water partition coefficient (Wildman–Crippen LogP) is 2.85. The first-order valence-electron chi connectivity index (χ1n) is 9.03. The molecule has 0 amide bonds. The molecule has 130 valence electrons. The minimum Gasteiger partial charge on any atom is -0.497 e. The van der Waals surface area contributed by atoms with Gasteiger partial charge in [-0.2, -0.15) is 0 Å². The van der Waals surface area contributed by atoms with Crippen LogP contribution in [0.3, 0.4) is 0 Å². The summed E-state index contributed by atoms with van der Waals surface area (Å²) in [5, 5.41) is 10.2. The first-order valence-corrected chi connectivity index (χ1v) is 9.03. The minimum absolute atomic E-state index is 0.0644. The molecule has 3 aliphatic rings. The fourth-order valence-corrected chi connectivity index (χ4v) is 4.77. The molecule has 0 fully saturated rings. The monoisotopic (exact) mass is 330 g/mol. The number of hydrogen-bond acceptors (Lipinski definition) is 3. The van der Waals surface area contributed by atoms with Crippen molar-refractivity contribution in [1.82, 2.24) is 0 Å². The van der Waals surface area contributed by atoms with Crippen molar-refractivity contribution < 1.29 is 19.1 Å². The molecule has 0 bridgehead atoms. The lowest BCUT2D eigenvalue weighted by molar-refractivity contribution is -0.903. The average Bonchev–Trinajstić information content (AvgIpc) is 2.82. The fraction of sp³-hybridized carbons (Fsp3) is 0.600. The van der Waals surface area contributed by atoms with Crippen molar-refractivity contribution in [3.8, 4) is 11.5 Å². The maximum atomic E-state index is 10.2. The van der Waals surface area contributed by atoms with Gasteiger partial charge in [0.25, 0.3) is 0 Å². The number of methoxy groups -OCH3 is 1. The smallest absolute Gasteiger partial charge is 0.127 e. The van der Waals surface area contributed by atoms with Crippen molar-refractivity contribution in [3.05, 3.63) is 35.4 Å². The Bertz CT molecular complexity index is 667. The summed E-state index contributed by atoms with van der Waals surface area (Å²) in [6.07, 6.45) is 6.90. The number of hydrogen-bond donors (Lipinski definition) is 1. The fourth-order valence-electron chi connectivity index (χ4n) is 4.77. The maximum Gasteiger partial charge on any atom is 0.127 e. The highest BCUT2D eigenvalue weighted by molar-refractivity contribution is 5.52. The summed E-state index contributed by atoms with van der Waals surface area (Å²) in [5.41, 5.74) is 2.70. The number of aliphatic hydroxyl groups is 1. The highest BCUT2D eigenvalue weighted by Crippen LogP contribution is 2.51. The minimum atomic E-state index is -0.405. The summed E-state index contributed by atoms with van der Waals surface area (Å²) in [4.78, 5) is 0. The van der Waals surface area contributed by atoms with Crippen molar-refractivity contribution in [2.24, 2.45) is 5.92 Å². The van der Waals surface area contributed by atoms with Gasteiger partial charge in [-0.05, 0) is 24.8 Å². The number of allylic oxidation sites excluding steroid dienone is 1. The van der Waals surface area contributed by atoms with Gasteiger partial charge in [0, 0.05) is 29.5 Å². The zero-order valence-electron chi connectivity index (χ0n) is 14.9. The molecule has 1 aliphatic carbocycles. The van der Waals surface area contributed by atoms with E-state index >= 15 is 0 Å². The second kappa shape index (κ2) is 5.78. The molecule has 2 aliphatic heterocycles. The van der Waals surface area contributed by atoms with Crippen LogP contribution in [0.4, 0.5) is 0 Å². The lowest BCUT2D eigenvalue weighted by Crippen LogP contribution is -2.39. The Hall–Kier alpha value is -1.52. The second-order valence-electron chi connectivity index (χ2n) is 8.19. The Labute approximate surface area is 144 Å². The van der Waals surface area contributed by atoms with Crippen LogP contribution in [0.1, 0.15) is 36.3 Å². The molecule has 4 rings (SSSR count). The van der Waals surface area contributed by atoms with E-state index in [2.05, 4.69) is 26.2 Å². The summed E-state index contributed by atoms with van der Waals surface area (Å²) < 4.78 is 12.8. The van der Waals surface area contributed by atoms with Crippen molar-refractivity contribution in [2.75, 3.05) is 27.7 Å². The second-order valence-corrected chi connectivity index (χ2v) is 8.19. The number of nitrogens with zero attached hydrogens (tertiary/aromatic N) is 1. The first-order chi connectivity index (χ1) is 11.5. The quantitative estimate of drug-likeness (QED) is 0.636. The van der Waals surface area contributed by atoms with Gasteiger partial charge >= 0.3 is 0 Å². The summed E-state index contributed by atoms with van der Waals surface area (Å²) in [7, 11) is 6.33. The van der Waals surface area contributed by atoms with Gasteiger partial charge in [0.2, 0.25) is 0 Å². The van der Waals surface area contributed by atoms with Crippen LogP contribution in [0.15, 0.2) is 24.3 Å². The molecule has 0 saturated heterocycles. The lowest BCUT2D eigenvalue weighted by atomic mass is 9.79. The molecule has 4 nitrogen and oxygen atoms in total. The van der Waals surface area contributed by atoms with Gasteiger partial charge in [-0.25, -0.2) is 0 Å². The van der Waals surface area contributed by atoms with Gasteiger partial charge in [-0.3, -0.25) is 0 Å². The third-order valence-electron chi connectivity index (χ3n) is 5.86. The summed E-state index contributed by atoms with van der Waals surface area (Å²) in [6, 6.07) is 4.22. The third-order valence-corrected chi connectivity index (χ3v) is 5.86. The van der Waals surface area contributed by atoms with E-state index in [-0.39, 0.29) is 6.10 Å². The molecule has 0 saturated carbocycles. The summed E-state index contributed by atoms with van der Waals surface area (Å²) in [6.45, 7) is 2.15. The van der Waals surface area contributed by atoms with Crippen molar-refractivity contribution in [1.29, 1.82) is 0 Å². The third kappa shape index (κ3) is 2.72. The van der Waals surface area contributed by atoms with Gasteiger partial charge in [0.05, 0.1) is 33.9 Å². The average molecular weight is 330 g/mol. The number of ether oxygens (including phenoxy) is 2. The molecule has 4 atom stereocenters. The molecule has 0 radical (unpaired) electrons. The highest BCUT2D eigenvalue weighted by atomic mass is 16.5. The van der Waals surface area contributed by atoms with Crippen LogP contribution in [-0.2, 0) is 6.54 Å². The molecule has 1 aromatic carbocycles. The van der Waals surface area contributed by atoms with Crippen molar-refractivity contribution in [2.45, 2.75) is 43.9 Å². The van der Waals surface area contributed by atoms with Gasteiger partial charge in [-0.1, -0.05) is 12.2 Å². The Morgan fingerprint density at radius 3 is 2.88 bits per heavy atom. The lowest BCUT2D eigenvalue weighted by Gasteiger charge is -2.30. The standard InChI is InChI=1S/C20H28NO3/c1-21(2)8-4-5-13-6-7-15(22)10-17-19(13)20-14(12-21)9-16(23-3)11-18(20)24-17/h6-7,9,11,13,15,17,19,22H,4-5,8,10,12H2,1-3H3/q+1.